The van der Waals surface area contributed by atoms with E-state index in [1.165, 1.54) is 12.4 Å². The number of aromatic amines is 1. The summed E-state index contributed by atoms with van der Waals surface area (Å²) in [5.74, 6) is 0.0176. The Balaban J connectivity index is 2.39. The summed E-state index contributed by atoms with van der Waals surface area (Å²) in [7, 11) is 1.71. The second-order valence-electron chi connectivity index (χ2n) is 4.18. The van der Waals surface area contributed by atoms with Crippen LogP contribution in [0.4, 0.5) is 10.2 Å². The van der Waals surface area contributed by atoms with Gasteiger partial charge in [0.1, 0.15) is 10.8 Å². The van der Waals surface area contributed by atoms with Crippen LogP contribution in [0.3, 0.4) is 0 Å². The van der Waals surface area contributed by atoms with Crippen molar-refractivity contribution in [2.45, 2.75) is 13.0 Å². The summed E-state index contributed by atoms with van der Waals surface area (Å²) in [5.41, 5.74) is 0.0994. The van der Waals surface area contributed by atoms with Crippen molar-refractivity contribution in [3.05, 3.63) is 57.3 Å². The van der Waals surface area contributed by atoms with Gasteiger partial charge in [0.25, 0.3) is 5.56 Å². The largest absolute Gasteiger partial charge is 0.351 e. The van der Waals surface area contributed by atoms with Crippen LogP contribution in [0.25, 0.3) is 0 Å². The van der Waals surface area contributed by atoms with Gasteiger partial charge in [-0.15, -0.1) is 0 Å². The van der Waals surface area contributed by atoms with Crippen LogP contribution in [0.5, 0.6) is 0 Å². The molecule has 1 N–H and O–H groups in total. The highest BCUT2D eigenvalue weighted by Crippen LogP contribution is 2.28. The average molecular weight is 282 g/mol. The van der Waals surface area contributed by atoms with Crippen LogP contribution in [-0.2, 0) is 0 Å². The first-order chi connectivity index (χ1) is 9.02. The number of aromatic nitrogens is 2. The third-order valence-electron chi connectivity index (χ3n) is 3.05. The molecule has 0 aliphatic rings. The molecule has 100 valence electrons. The Morgan fingerprint density at radius 3 is 2.79 bits per heavy atom. The molecule has 6 heteroatoms. The van der Waals surface area contributed by atoms with Crippen LogP contribution < -0.4 is 10.5 Å². The van der Waals surface area contributed by atoms with Gasteiger partial charge in [0.15, 0.2) is 5.82 Å². The van der Waals surface area contributed by atoms with E-state index in [-0.39, 0.29) is 16.9 Å². The molecule has 1 heterocycles. The van der Waals surface area contributed by atoms with Gasteiger partial charge in [-0.05, 0) is 13.0 Å². The van der Waals surface area contributed by atoms with Crippen LogP contribution in [0, 0.1) is 5.82 Å². The van der Waals surface area contributed by atoms with Gasteiger partial charge in [0, 0.05) is 12.6 Å². The number of halogens is 2. The zero-order chi connectivity index (χ0) is 14.0. The molecule has 0 bridgehead atoms. The van der Waals surface area contributed by atoms with E-state index in [0.717, 1.165) is 0 Å². The maximum absolute atomic E-state index is 13.7. The van der Waals surface area contributed by atoms with Crippen molar-refractivity contribution in [1.29, 1.82) is 0 Å². The van der Waals surface area contributed by atoms with Crippen LogP contribution in [0.2, 0.25) is 5.02 Å². The zero-order valence-electron chi connectivity index (χ0n) is 10.5. The molecular weight excluding hydrogens is 269 g/mol. The summed E-state index contributed by atoms with van der Waals surface area (Å²) in [6, 6.07) is 6.18. The highest BCUT2D eigenvalue weighted by molar-refractivity contribution is 6.32. The minimum absolute atomic E-state index is 0.00631. The van der Waals surface area contributed by atoms with Gasteiger partial charge < -0.3 is 9.88 Å². The lowest BCUT2D eigenvalue weighted by atomic mass is 10.1. The van der Waals surface area contributed by atoms with E-state index >= 15 is 0 Å². The van der Waals surface area contributed by atoms with E-state index in [4.69, 9.17) is 11.6 Å². The molecule has 1 atom stereocenters. The molecule has 1 aromatic carbocycles. The van der Waals surface area contributed by atoms with E-state index < -0.39 is 5.56 Å². The summed E-state index contributed by atoms with van der Waals surface area (Å²) >= 11 is 5.92. The van der Waals surface area contributed by atoms with Gasteiger partial charge in [-0.2, -0.15) is 0 Å². The van der Waals surface area contributed by atoms with Gasteiger partial charge in [-0.3, -0.25) is 4.79 Å². The zero-order valence-corrected chi connectivity index (χ0v) is 11.3. The van der Waals surface area contributed by atoms with Gasteiger partial charge in [-0.25, -0.2) is 9.37 Å². The van der Waals surface area contributed by atoms with Gasteiger partial charge >= 0.3 is 0 Å². The van der Waals surface area contributed by atoms with Crippen molar-refractivity contribution in [2.75, 3.05) is 11.9 Å². The number of nitrogens with zero attached hydrogens (tertiary/aromatic N) is 2. The first kappa shape index (κ1) is 13.5. The molecule has 0 spiro atoms. The Hall–Kier alpha value is -1.88. The minimum Gasteiger partial charge on any atom is -0.351 e. The second-order valence-corrected chi connectivity index (χ2v) is 4.56. The maximum Gasteiger partial charge on any atom is 0.271 e. The smallest absolute Gasteiger partial charge is 0.271 e. The van der Waals surface area contributed by atoms with E-state index in [9.17, 15) is 9.18 Å². The molecule has 0 saturated carbocycles. The Bertz CT molecular complexity index is 644. The number of hydrogen-bond donors (Lipinski definition) is 1. The Labute approximate surface area is 114 Å². The lowest BCUT2D eigenvalue weighted by Crippen LogP contribution is -2.26. The van der Waals surface area contributed by atoms with Crippen LogP contribution in [0.1, 0.15) is 18.5 Å². The van der Waals surface area contributed by atoms with Crippen molar-refractivity contribution in [3.63, 3.8) is 0 Å². The van der Waals surface area contributed by atoms with Gasteiger partial charge in [-0.1, -0.05) is 29.8 Å². The first-order valence-electron chi connectivity index (χ1n) is 5.72. The fraction of sp³-hybridized carbons (Fsp3) is 0.231. The second kappa shape index (κ2) is 5.40. The van der Waals surface area contributed by atoms with Crippen LogP contribution in [-0.4, -0.2) is 17.0 Å². The number of anilines is 1. The van der Waals surface area contributed by atoms with Crippen molar-refractivity contribution in [2.24, 2.45) is 0 Å². The molecule has 19 heavy (non-hydrogen) atoms. The molecule has 1 unspecified atom stereocenters. The lowest BCUT2D eigenvalue weighted by molar-refractivity contribution is 0.584. The molecular formula is C13H13ClFN3O. The number of H-pyrrole nitrogens is 1. The fourth-order valence-electron chi connectivity index (χ4n) is 1.83. The van der Waals surface area contributed by atoms with Crippen molar-refractivity contribution >= 4 is 17.4 Å². The monoisotopic (exact) mass is 281 g/mol. The molecule has 0 amide bonds. The van der Waals surface area contributed by atoms with Gasteiger partial charge in [0.2, 0.25) is 0 Å². The molecule has 0 radical (unpaired) electrons. The van der Waals surface area contributed by atoms with Crippen LogP contribution in [0.15, 0.2) is 35.4 Å². The fourth-order valence-corrected chi connectivity index (χ4v) is 2.06. The van der Waals surface area contributed by atoms with Crippen LogP contribution >= 0.6 is 11.6 Å². The molecule has 2 aromatic rings. The average Bonchev–Trinajstić information content (AvgIpc) is 2.41. The highest BCUT2D eigenvalue weighted by atomic mass is 35.5. The number of nitrogens with one attached hydrogen (secondary N) is 1. The maximum atomic E-state index is 13.7. The Kier molecular flexibility index (Phi) is 3.85. The van der Waals surface area contributed by atoms with Gasteiger partial charge in [0.05, 0.1) is 12.4 Å². The summed E-state index contributed by atoms with van der Waals surface area (Å²) in [4.78, 5) is 19.5. The first-order valence-corrected chi connectivity index (χ1v) is 6.10. The quantitative estimate of drug-likeness (QED) is 0.941. The molecule has 0 saturated heterocycles. The molecule has 4 nitrogen and oxygen atoms in total. The summed E-state index contributed by atoms with van der Waals surface area (Å²) in [6.07, 6.45) is 1.27. The van der Waals surface area contributed by atoms with E-state index in [0.29, 0.717) is 11.4 Å². The standard InChI is InChI=1S/C13H13ClFN3O/c1-8(9-5-3-4-6-10(9)15)18(2)12-11(14)13(19)17-7-16-12/h3-8H,1-2H3,(H,16,17,19). The lowest BCUT2D eigenvalue weighted by Gasteiger charge is -2.26. The molecule has 2 rings (SSSR count). The van der Waals surface area contributed by atoms with Crippen molar-refractivity contribution < 1.29 is 4.39 Å². The number of rotatable bonds is 3. The predicted octanol–water partition coefficient (Wildman–Crippen LogP) is 2.76. The summed E-state index contributed by atoms with van der Waals surface area (Å²) < 4.78 is 13.7. The van der Waals surface area contributed by atoms with E-state index in [1.54, 1.807) is 30.1 Å². The Morgan fingerprint density at radius 2 is 2.11 bits per heavy atom. The third kappa shape index (κ3) is 2.61. The molecule has 0 aliphatic heterocycles. The Morgan fingerprint density at radius 1 is 1.42 bits per heavy atom. The van der Waals surface area contributed by atoms with Crippen molar-refractivity contribution in [3.8, 4) is 0 Å². The van der Waals surface area contributed by atoms with Crippen molar-refractivity contribution in [1.82, 2.24) is 9.97 Å². The number of benzene rings is 1. The molecule has 1 aromatic heterocycles. The minimum atomic E-state index is -0.417. The summed E-state index contributed by atoms with van der Waals surface area (Å²) in [6.45, 7) is 1.82. The third-order valence-corrected chi connectivity index (χ3v) is 3.39. The SMILES string of the molecule is CC(c1ccccc1F)N(C)c1nc[nH]c(=O)c1Cl. The summed E-state index contributed by atoms with van der Waals surface area (Å²) in [5, 5.41) is -0.00631. The molecule has 0 fully saturated rings. The molecule has 0 aliphatic carbocycles. The highest BCUT2D eigenvalue weighted by Gasteiger charge is 2.19. The van der Waals surface area contributed by atoms with E-state index in [2.05, 4.69) is 9.97 Å². The number of hydrogen-bond acceptors (Lipinski definition) is 3. The normalized spacial score (nSPS) is 12.2. The topological polar surface area (TPSA) is 49.0 Å². The van der Waals surface area contributed by atoms with E-state index in [1.807, 2.05) is 6.92 Å². The predicted molar refractivity (Wildman–Crippen MR) is 73.1 cm³/mol.